The standard InChI is InChI=1S/C23H47/c1-4-7-10-13-15-18-21-23(20-17-12-9-6-3)22-19-16-14-11-8-5-2/h18,23H,4-17,19-22H2,1-3H3. The van der Waals surface area contributed by atoms with Crippen LogP contribution < -0.4 is 0 Å². The van der Waals surface area contributed by atoms with Crippen LogP contribution in [-0.2, 0) is 0 Å². The van der Waals surface area contributed by atoms with Gasteiger partial charge >= 0.3 is 0 Å². The van der Waals surface area contributed by atoms with Crippen LogP contribution in [0.1, 0.15) is 136 Å². The van der Waals surface area contributed by atoms with Gasteiger partial charge in [-0.1, -0.05) is 130 Å². The fourth-order valence-corrected chi connectivity index (χ4v) is 3.52. The van der Waals surface area contributed by atoms with Crippen LogP contribution in [0.2, 0.25) is 0 Å². The van der Waals surface area contributed by atoms with Crippen LogP contribution >= 0.6 is 0 Å². The Labute approximate surface area is 149 Å². The first-order valence-corrected chi connectivity index (χ1v) is 11.2. The third-order valence-electron chi connectivity index (χ3n) is 5.19. The highest BCUT2D eigenvalue weighted by atomic mass is 14.1. The summed E-state index contributed by atoms with van der Waals surface area (Å²) in [7, 11) is 0. The van der Waals surface area contributed by atoms with Crippen molar-refractivity contribution in [2.24, 2.45) is 5.92 Å². The van der Waals surface area contributed by atoms with E-state index in [1.54, 1.807) is 0 Å². The Morgan fingerprint density at radius 3 is 1.52 bits per heavy atom. The van der Waals surface area contributed by atoms with Gasteiger partial charge in [0.1, 0.15) is 0 Å². The van der Waals surface area contributed by atoms with E-state index in [0.29, 0.717) is 0 Å². The molecule has 0 heteroatoms. The van der Waals surface area contributed by atoms with E-state index in [1.807, 2.05) is 0 Å². The van der Waals surface area contributed by atoms with Crippen LogP contribution in [0.3, 0.4) is 0 Å². The molecule has 0 heterocycles. The van der Waals surface area contributed by atoms with E-state index in [9.17, 15) is 0 Å². The number of hydrogen-bond donors (Lipinski definition) is 0. The lowest BCUT2D eigenvalue weighted by atomic mass is 9.89. The summed E-state index contributed by atoms with van der Waals surface area (Å²) < 4.78 is 0. The average molecular weight is 324 g/mol. The van der Waals surface area contributed by atoms with E-state index in [-0.39, 0.29) is 0 Å². The SMILES string of the molecule is CCCCCC[CH]CC(CCCCCC)CCCCCCCC. The molecule has 1 unspecified atom stereocenters. The highest BCUT2D eigenvalue weighted by Crippen LogP contribution is 2.24. The topological polar surface area (TPSA) is 0 Å². The molecule has 0 nitrogen and oxygen atoms in total. The monoisotopic (exact) mass is 323 g/mol. The molecule has 0 aromatic rings. The van der Waals surface area contributed by atoms with Crippen LogP contribution in [0.15, 0.2) is 0 Å². The Balaban J connectivity index is 3.70. The predicted octanol–water partition coefficient (Wildman–Crippen LogP) is 8.89. The van der Waals surface area contributed by atoms with E-state index in [0.717, 1.165) is 5.92 Å². The maximum Gasteiger partial charge on any atom is -0.0383 e. The third-order valence-corrected chi connectivity index (χ3v) is 5.19. The first kappa shape index (κ1) is 23.0. The van der Waals surface area contributed by atoms with Gasteiger partial charge in [0.15, 0.2) is 0 Å². The molecule has 0 aromatic heterocycles. The lowest BCUT2D eigenvalue weighted by Gasteiger charge is -2.17. The molecular formula is C23H47. The molecule has 1 radical (unpaired) electrons. The van der Waals surface area contributed by atoms with Crippen molar-refractivity contribution in [1.29, 1.82) is 0 Å². The molecule has 1 atom stereocenters. The molecule has 0 rings (SSSR count). The quantitative estimate of drug-likeness (QED) is 0.208. The second kappa shape index (κ2) is 20.0. The lowest BCUT2D eigenvalue weighted by molar-refractivity contribution is 0.395. The Bertz CT molecular complexity index is 180. The first-order chi connectivity index (χ1) is 11.3. The summed E-state index contributed by atoms with van der Waals surface area (Å²) in [6.07, 6.45) is 28.4. The zero-order chi connectivity index (χ0) is 17.0. The van der Waals surface area contributed by atoms with Crippen molar-refractivity contribution in [2.45, 2.75) is 136 Å². The molecule has 0 saturated carbocycles. The second-order valence-electron chi connectivity index (χ2n) is 7.65. The summed E-state index contributed by atoms with van der Waals surface area (Å²) in [5.41, 5.74) is 0. The summed E-state index contributed by atoms with van der Waals surface area (Å²) in [6, 6.07) is 0. The summed E-state index contributed by atoms with van der Waals surface area (Å²) >= 11 is 0. The molecule has 0 aliphatic heterocycles. The minimum Gasteiger partial charge on any atom is -0.0654 e. The van der Waals surface area contributed by atoms with Gasteiger partial charge in [0.2, 0.25) is 0 Å². The maximum absolute atomic E-state index is 2.62. The van der Waals surface area contributed by atoms with Gasteiger partial charge in [-0.15, -0.1) is 0 Å². The van der Waals surface area contributed by atoms with Gasteiger partial charge in [-0.2, -0.15) is 0 Å². The summed E-state index contributed by atoms with van der Waals surface area (Å²) in [5, 5.41) is 0. The van der Waals surface area contributed by atoms with Crippen LogP contribution in [0.4, 0.5) is 0 Å². The van der Waals surface area contributed by atoms with E-state index < -0.39 is 0 Å². The molecule has 0 fully saturated rings. The second-order valence-corrected chi connectivity index (χ2v) is 7.65. The van der Waals surface area contributed by atoms with E-state index in [2.05, 4.69) is 27.2 Å². The summed E-state index contributed by atoms with van der Waals surface area (Å²) in [6.45, 7) is 6.93. The minimum atomic E-state index is 0.990. The lowest BCUT2D eigenvalue weighted by Crippen LogP contribution is -2.02. The smallest absolute Gasteiger partial charge is 0.0383 e. The fourth-order valence-electron chi connectivity index (χ4n) is 3.52. The van der Waals surface area contributed by atoms with Crippen molar-refractivity contribution in [3.8, 4) is 0 Å². The highest BCUT2D eigenvalue weighted by Gasteiger charge is 2.08. The Morgan fingerprint density at radius 2 is 0.957 bits per heavy atom. The van der Waals surface area contributed by atoms with Crippen molar-refractivity contribution < 1.29 is 0 Å². The Morgan fingerprint density at radius 1 is 0.522 bits per heavy atom. The summed E-state index contributed by atoms with van der Waals surface area (Å²) in [4.78, 5) is 0. The normalized spacial score (nSPS) is 11.5. The molecule has 0 aromatic carbocycles. The van der Waals surface area contributed by atoms with Crippen LogP contribution in [0.5, 0.6) is 0 Å². The van der Waals surface area contributed by atoms with Gasteiger partial charge < -0.3 is 0 Å². The number of unbranched alkanes of at least 4 members (excludes halogenated alkanes) is 13. The predicted molar refractivity (Wildman–Crippen MR) is 108 cm³/mol. The molecule has 139 valence electrons. The van der Waals surface area contributed by atoms with Crippen LogP contribution in [0.25, 0.3) is 0 Å². The van der Waals surface area contributed by atoms with Crippen molar-refractivity contribution in [3.05, 3.63) is 6.42 Å². The van der Waals surface area contributed by atoms with Crippen molar-refractivity contribution in [2.75, 3.05) is 0 Å². The first-order valence-electron chi connectivity index (χ1n) is 11.2. The molecule has 0 N–H and O–H groups in total. The van der Waals surface area contributed by atoms with E-state index >= 15 is 0 Å². The molecule has 0 saturated heterocycles. The Kier molecular flexibility index (Phi) is 20.0. The third kappa shape index (κ3) is 18.2. The molecule has 0 bridgehead atoms. The number of rotatable bonds is 19. The summed E-state index contributed by atoms with van der Waals surface area (Å²) in [5.74, 6) is 0.990. The van der Waals surface area contributed by atoms with E-state index in [4.69, 9.17) is 0 Å². The largest absolute Gasteiger partial charge is 0.0654 e. The van der Waals surface area contributed by atoms with Crippen LogP contribution in [-0.4, -0.2) is 0 Å². The van der Waals surface area contributed by atoms with Gasteiger partial charge in [0.05, 0.1) is 0 Å². The van der Waals surface area contributed by atoms with Crippen molar-refractivity contribution in [1.82, 2.24) is 0 Å². The zero-order valence-electron chi connectivity index (χ0n) is 16.9. The van der Waals surface area contributed by atoms with Gasteiger partial charge in [0.25, 0.3) is 0 Å². The average Bonchev–Trinajstić information content (AvgIpc) is 2.57. The molecule has 23 heavy (non-hydrogen) atoms. The van der Waals surface area contributed by atoms with Gasteiger partial charge in [-0.05, 0) is 18.8 Å². The molecule has 0 aliphatic rings. The van der Waals surface area contributed by atoms with Crippen molar-refractivity contribution >= 4 is 0 Å². The van der Waals surface area contributed by atoms with E-state index in [1.165, 1.54) is 116 Å². The Hall–Kier alpha value is 0. The molecule has 0 spiro atoms. The molecule has 0 amide bonds. The van der Waals surface area contributed by atoms with Gasteiger partial charge in [-0.25, -0.2) is 0 Å². The fraction of sp³-hybridized carbons (Fsp3) is 0.957. The highest BCUT2D eigenvalue weighted by molar-refractivity contribution is 4.72. The van der Waals surface area contributed by atoms with Crippen LogP contribution in [0, 0.1) is 12.3 Å². The maximum atomic E-state index is 2.62. The number of hydrogen-bond acceptors (Lipinski definition) is 0. The zero-order valence-corrected chi connectivity index (χ0v) is 16.9. The van der Waals surface area contributed by atoms with Gasteiger partial charge in [0, 0.05) is 0 Å². The van der Waals surface area contributed by atoms with Gasteiger partial charge in [-0.3, -0.25) is 0 Å². The molecule has 0 aliphatic carbocycles. The van der Waals surface area contributed by atoms with Crippen molar-refractivity contribution in [3.63, 3.8) is 0 Å². The molecular weight excluding hydrogens is 276 g/mol. The minimum absolute atomic E-state index is 0.990.